The maximum absolute atomic E-state index is 11.9. The number of aromatic nitrogens is 2. The lowest BCUT2D eigenvalue weighted by Gasteiger charge is -2.12. The molecule has 1 aromatic rings. The van der Waals surface area contributed by atoms with Crippen molar-refractivity contribution in [3.8, 4) is 0 Å². The van der Waals surface area contributed by atoms with Crippen molar-refractivity contribution in [2.24, 2.45) is 0 Å². The molecular formula is C11H18N4OS. The number of rotatable bonds is 5. The number of aromatic amines is 1. The second-order valence-electron chi connectivity index (χ2n) is 4.39. The van der Waals surface area contributed by atoms with Gasteiger partial charge in [0.05, 0.1) is 11.4 Å². The van der Waals surface area contributed by atoms with E-state index in [-0.39, 0.29) is 10.7 Å². The molecule has 0 bridgehead atoms. The SMILES string of the molecule is CCc1[nH]nc(C(=O)NCC2(SC)CC2)c1N. The summed E-state index contributed by atoms with van der Waals surface area (Å²) in [5, 5.41) is 9.66. The summed E-state index contributed by atoms with van der Waals surface area (Å²) in [6.07, 6.45) is 5.17. The van der Waals surface area contributed by atoms with Crippen LogP contribution < -0.4 is 11.1 Å². The number of nitrogens with zero attached hydrogens (tertiary/aromatic N) is 1. The molecule has 2 rings (SSSR count). The van der Waals surface area contributed by atoms with Gasteiger partial charge in [-0.25, -0.2) is 0 Å². The summed E-state index contributed by atoms with van der Waals surface area (Å²) in [6.45, 7) is 2.67. The van der Waals surface area contributed by atoms with E-state index in [0.29, 0.717) is 17.9 Å². The van der Waals surface area contributed by atoms with Crippen LogP contribution in [0.4, 0.5) is 5.69 Å². The van der Waals surface area contributed by atoms with E-state index in [1.165, 1.54) is 12.8 Å². The van der Waals surface area contributed by atoms with E-state index in [0.717, 1.165) is 12.1 Å². The van der Waals surface area contributed by atoms with Crippen LogP contribution in [0.3, 0.4) is 0 Å². The first kappa shape index (κ1) is 12.3. The highest BCUT2D eigenvalue weighted by molar-refractivity contribution is 8.00. The summed E-state index contributed by atoms with van der Waals surface area (Å²) < 4.78 is 0.258. The molecule has 0 unspecified atom stereocenters. The van der Waals surface area contributed by atoms with Gasteiger partial charge in [-0.1, -0.05) is 6.92 Å². The maximum atomic E-state index is 11.9. The zero-order chi connectivity index (χ0) is 12.5. The predicted molar refractivity (Wildman–Crippen MR) is 70.2 cm³/mol. The molecule has 1 aliphatic carbocycles. The number of thioether (sulfide) groups is 1. The standard InChI is InChI=1S/C11H18N4OS/c1-3-7-8(12)9(15-14-7)10(16)13-6-11(17-2)4-5-11/h3-6,12H2,1-2H3,(H,13,16)(H,14,15). The molecule has 1 aliphatic rings. The van der Waals surface area contributed by atoms with Crippen LogP contribution in [0.2, 0.25) is 0 Å². The molecule has 0 atom stereocenters. The van der Waals surface area contributed by atoms with Gasteiger partial charge in [0.15, 0.2) is 5.69 Å². The fourth-order valence-corrected chi connectivity index (χ4v) is 2.47. The summed E-state index contributed by atoms with van der Waals surface area (Å²) in [5.74, 6) is -0.182. The van der Waals surface area contributed by atoms with Crippen LogP contribution in [-0.2, 0) is 6.42 Å². The first-order valence-electron chi connectivity index (χ1n) is 5.78. The molecule has 1 heterocycles. The predicted octanol–water partition coefficient (Wildman–Crippen LogP) is 1.18. The molecule has 6 heteroatoms. The minimum Gasteiger partial charge on any atom is -0.395 e. The molecule has 1 amide bonds. The van der Waals surface area contributed by atoms with Crippen molar-refractivity contribution in [3.63, 3.8) is 0 Å². The molecular weight excluding hydrogens is 236 g/mol. The Labute approximate surface area is 105 Å². The smallest absolute Gasteiger partial charge is 0.273 e. The second-order valence-corrected chi connectivity index (χ2v) is 5.66. The Hall–Kier alpha value is -1.17. The fourth-order valence-electron chi connectivity index (χ4n) is 1.75. The Bertz CT molecular complexity index is 425. The minimum atomic E-state index is -0.182. The molecule has 5 nitrogen and oxygen atoms in total. The summed E-state index contributed by atoms with van der Waals surface area (Å²) in [5.41, 5.74) is 7.45. The van der Waals surface area contributed by atoms with E-state index < -0.39 is 0 Å². The van der Waals surface area contributed by atoms with Gasteiger partial charge in [-0.05, 0) is 25.5 Å². The van der Waals surface area contributed by atoms with Gasteiger partial charge in [-0.3, -0.25) is 9.89 Å². The number of aryl methyl sites for hydroxylation is 1. The number of hydrogen-bond acceptors (Lipinski definition) is 4. The Morgan fingerprint density at radius 1 is 1.65 bits per heavy atom. The molecule has 0 aromatic carbocycles. The van der Waals surface area contributed by atoms with Crippen LogP contribution in [0.1, 0.15) is 35.9 Å². The first-order chi connectivity index (χ1) is 8.12. The number of nitrogens with one attached hydrogen (secondary N) is 2. The highest BCUT2D eigenvalue weighted by Gasteiger charge is 2.42. The molecule has 1 aromatic heterocycles. The zero-order valence-corrected chi connectivity index (χ0v) is 11.0. The first-order valence-corrected chi connectivity index (χ1v) is 7.00. The van der Waals surface area contributed by atoms with Crippen molar-refractivity contribution in [3.05, 3.63) is 11.4 Å². The molecule has 17 heavy (non-hydrogen) atoms. The Balaban J connectivity index is 1.97. The van der Waals surface area contributed by atoms with Gasteiger partial charge in [0, 0.05) is 11.3 Å². The summed E-state index contributed by atoms with van der Waals surface area (Å²) in [6, 6.07) is 0. The molecule has 0 radical (unpaired) electrons. The average molecular weight is 254 g/mol. The highest BCUT2D eigenvalue weighted by atomic mass is 32.2. The molecule has 0 saturated heterocycles. The van der Waals surface area contributed by atoms with Crippen molar-refractivity contribution in [1.29, 1.82) is 0 Å². The molecule has 1 fully saturated rings. The van der Waals surface area contributed by atoms with Gasteiger partial charge in [0.25, 0.3) is 5.91 Å². The quantitative estimate of drug-likeness (QED) is 0.736. The lowest BCUT2D eigenvalue weighted by molar-refractivity contribution is 0.0949. The molecule has 0 aliphatic heterocycles. The van der Waals surface area contributed by atoms with Crippen LogP contribution in [-0.4, -0.2) is 33.7 Å². The van der Waals surface area contributed by atoms with Crippen LogP contribution in [0.15, 0.2) is 0 Å². The molecule has 4 N–H and O–H groups in total. The van der Waals surface area contributed by atoms with Gasteiger partial charge in [-0.15, -0.1) is 0 Å². The number of carbonyl (C=O) groups is 1. The Kier molecular flexibility index (Phi) is 3.33. The van der Waals surface area contributed by atoms with Gasteiger partial charge in [0.1, 0.15) is 0 Å². The topological polar surface area (TPSA) is 83.8 Å². The fraction of sp³-hybridized carbons (Fsp3) is 0.636. The number of hydrogen-bond donors (Lipinski definition) is 3. The number of carbonyl (C=O) groups excluding carboxylic acids is 1. The van der Waals surface area contributed by atoms with Crippen molar-refractivity contribution in [1.82, 2.24) is 15.5 Å². The highest BCUT2D eigenvalue weighted by Crippen LogP contribution is 2.46. The van der Waals surface area contributed by atoms with E-state index in [1.807, 2.05) is 18.7 Å². The monoisotopic (exact) mass is 254 g/mol. The van der Waals surface area contributed by atoms with E-state index in [9.17, 15) is 4.79 Å². The number of nitrogen functional groups attached to an aromatic ring is 1. The lowest BCUT2D eigenvalue weighted by atomic mass is 10.2. The van der Waals surface area contributed by atoms with Crippen LogP contribution in [0.25, 0.3) is 0 Å². The van der Waals surface area contributed by atoms with E-state index in [1.54, 1.807) is 0 Å². The van der Waals surface area contributed by atoms with Gasteiger partial charge >= 0.3 is 0 Å². The third kappa shape index (κ3) is 2.41. The third-order valence-corrected chi connectivity index (χ3v) is 4.68. The van der Waals surface area contributed by atoms with Crippen molar-refractivity contribution >= 4 is 23.4 Å². The van der Waals surface area contributed by atoms with Gasteiger partial charge in [-0.2, -0.15) is 16.9 Å². The van der Waals surface area contributed by atoms with Crippen LogP contribution >= 0.6 is 11.8 Å². The van der Waals surface area contributed by atoms with E-state index in [4.69, 9.17) is 5.73 Å². The summed E-state index contributed by atoms with van der Waals surface area (Å²) >= 11 is 1.82. The molecule has 1 saturated carbocycles. The third-order valence-electron chi connectivity index (χ3n) is 3.26. The van der Waals surface area contributed by atoms with Gasteiger partial charge < -0.3 is 11.1 Å². The Morgan fingerprint density at radius 2 is 2.35 bits per heavy atom. The van der Waals surface area contributed by atoms with Crippen LogP contribution in [0, 0.1) is 0 Å². The Morgan fingerprint density at radius 3 is 2.82 bits per heavy atom. The van der Waals surface area contributed by atoms with Crippen molar-refractivity contribution < 1.29 is 4.79 Å². The maximum Gasteiger partial charge on any atom is 0.273 e. The van der Waals surface area contributed by atoms with Crippen LogP contribution in [0.5, 0.6) is 0 Å². The number of amides is 1. The summed E-state index contributed by atoms with van der Waals surface area (Å²) in [7, 11) is 0. The largest absolute Gasteiger partial charge is 0.395 e. The number of anilines is 1. The number of H-pyrrole nitrogens is 1. The number of nitrogens with two attached hydrogens (primary N) is 1. The van der Waals surface area contributed by atoms with Crippen molar-refractivity contribution in [2.75, 3.05) is 18.5 Å². The zero-order valence-electron chi connectivity index (χ0n) is 10.2. The molecule has 0 spiro atoms. The van der Waals surface area contributed by atoms with Gasteiger partial charge in [0.2, 0.25) is 0 Å². The minimum absolute atomic E-state index is 0.182. The lowest BCUT2D eigenvalue weighted by Crippen LogP contribution is -2.32. The van der Waals surface area contributed by atoms with E-state index >= 15 is 0 Å². The molecule has 94 valence electrons. The normalized spacial score (nSPS) is 16.8. The van der Waals surface area contributed by atoms with E-state index in [2.05, 4.69) is 21.8 Å². The average Bonchev–Trinajstić information content (AvgIpc) is 3.03. The summed E-state index contributed by atoms with van der Waals surface area (Å²) in [4.78, 5) is 11.9. The second kappa shape index (κ2) is 4.60. The van der Waals surface area contributed by atoms with Crippen molar-refractivity contribution in [2.45, 2.75) is 30.9 Å².